The van der Waals surface area contributed by atoms with Gasteiger partial charge in [-0.3, -0.25) is 4.79 Å². The van der Waals surface area contributed by atoms with E-state index in [1.54, 1.807) is 6.20 Å². The summed E-state index contributed by atoms with van der Waals surface area (Å²) in [4.78, 5) is 26.1. The summed E-state index contributed by atoms with van der Waals surface area (Å²) >= 11 is 0. The molecule has 0 saturated carbocycles. The highest BCUT2D eigenvalue weighted by atomic mass is 16.5. The Morgan fingerprint density at radius 2 is 1.43 bits per heavy atom. The summed E-state index contributed by atoms with van der Waals surface area (Å²) in [6, 6.07) is 29.7. The Morgan fingerprint density at radius 1 is 0.771 bits per heavy atom. The van der Waals surface area contributed by atoms with Crippen molar-refractivity contribution in [2.75, 3.05) is 31.1 Å². The van der Waals surface area contributed by atoms with Gasteiger partial charge in [0.05, 0.1) is 5.69 Å². The zero-order chi connectivity index (χ0) is 23.9. The number of hydrogen-bond acceptors (Lipinski definition) is 5. The lowest BCUT2D eigenvalue weighted by molar-refractivity contribution is -0.131. The fourth-order valence-corrected chi connectivity index (χ4v) is 4.19. The summed E-state index contributed by atoms with van der Waals surface area (Å²) in [5.74, 6) is 2.49. The van der Waals surface area contributed by atoms with Crippen LogP contribution in [0.4, 0.5) is 5.95 Å². The first-order chi connectivity index (χ1) is 17.2. The van der Waals surface area contributed by atoms with E-state index in [2.05, 4.69) is 22.0 Å². The number of nitrogens with zero attached hydrogens (tertiary/aromatic N) is 4. The molecule has 2 heterocycles. The van der Waals surface area contributed by atoms with E-state index in [0.29, 0.717) is 25.5 Å². The van der Waals surface area contributed by atoms with Crippen molar-refractivity contribution in [3.8, 4) is 22.8 Å². The number of piperazine rings is 1. The molecule has 0 N–H and O–H groups in total. The van der Waals surface area contributed by atoms with Crippen molar-refractivity contribution in [2.24, 2.45) is 0 Å². The second kappa shape index (κ2) is 10.8. The molecule has 1 amide bonds. The molecule has 6 nitrogen and oxygen atoms in total. The quantitative estimate of drug-likeness (QED) is 0.375. The lowest BCUT2D eigenvalue weighted by atomic mass is 10.1. The van der Waals surface area contributed by atoms with Crippen molar-refractivity contribution in [3.63, 3.8) is 0 Å². The number of benzene rings is 3. The molecule has 3 aromatic carbocycles. The lowest BCUT2D eigenvalue weighted by Gasteiger charge is -2.35. The molecule has 1 fully saturated rings. The van der Waals surface area contributed by atoms with Crippen molar-refractivity contribution in [3.05, 3.63) is 103 Å². The van der Waals surface area contributed by atoms with Crippen LogP contribution in [-0.4, -0.2) is 47.0 Å². The number of ether oxygens (including phenoxy) is 1. The summed E-state index contributed by atoms with van der Waals surface area (Å²) in [6.45, 7) is 2.83. The molecule has 5 rings (SSSR count). The molecule has 1 aliphatic heterocycles. The van der Waals surface area contributed by atoms with Gasteiger partial charge in [0.2, 0.25) is 11.9 Å². The molecular formula is C29H28N4O2. The van der Waals surface area contributed by atoms with Crippen molar-refractivity contribution in [1.82, 2.24) is 14.9 Å². The minimum absolute atomic E-state index is 0.209. The zero-order valence-corrected chi connectivity index (χ0v) is 19.6. The molecule has 1 saturated heterocycles. The van der Waals surface area contributed by atoms with Gasteiger partial charge in [0.25, 0.3) is 0 Å². The average molecular weight is 465 g/mol. The first-order valence-corrected chi connectivity index (χ1v) is 12.0. The Hall–Kier alpha value is -4.19. The van der Waals surface area contributed by atoms with Crippen LogP contribution >= 0.6 is 0 Å². The van der Waals surface area contributed by atoms with E-state index in [9.17, 15) is 4.79 Å². The highest BCUT2D eigenvalue weighted by Gasteiger charge is 2.22. The second-order valence-electron chi connectivity index (χ2n) is 8.53. The topological polar surface area (TPSA) is 58.6 Å². The fourth-order valence-electron chi connectivity index (χ4n) is 4.19. The molecule has 1 aliphatic rings. The number of hydrogen-bond donors (Lipinski definition) is 0. The van der Waals surface area contributed by atoms with Gasteiger partial charge in [-0.05, 0) is 54.4 Å². The first kappa shape index (κ1) is 22.6. The Balaban J connectivity index is 1.17. The molecule has 0 spiro atoms. The molecule has 4 aromatic rings. The van der Waals surface area contributed by atoms with Crippen LogP contribution in [-0.2, 0) is 11.2 Å². The Labute approximate surface area is 205 Å². The average Bonchev–Trinajstić information content (AvgIpc) is 2.93. The van der Waals surface area contributed by atoms with Gasteiger partial charge in [-0.15, -0.1) is 0 Å². The van der Waals surface area contributed by atoms with E-state index >= 15 is 0 Å². The number of aromatic nitrogens is 2. The Bertz CT molecular complexity index is 1240. The van der Waals surface area contributed by atoms with Gasteiger partial charge in [-0.1, -0.05) is 48.5 Å². The van der Waals surface area contributed by atoms with Gasteiger partial charge in [-0.2, -0.15) is 0 Å². The summed E-state index contributed by atoms with van der Waals surface area (Å²) in [7, 11) is 0. The lowest BCUT2D eigenvalue weighted by Crippen LogP contribution is -2.49. The SMILES string of the molecule is O=C(CCc1ccccc1)N1CCN(c2nccc(-c3ccc(Oc4ccccc4)cc3)n2)CC1. The third-order valence-corrected chi connectivity index (χ3v) is 6.16. The predicted molar refractivity (Wildman–Crippen MR) is 138 cm³/mol. The molecule has 1 aromatic heterocycles. The van der Waals surface area contributed by atoms with Crippen molar-refractivity contribution in [1.29, 1.82) is 0 Å². The Kier molecular flexibility index (Phi) is 6.99. The number of para-hydroxylation sites is 1. The summed E-state index contributed by atoms with van der Waals surface area (Å²) in [5, 5.41) is 0. The van der Waals surface area contributed by atoms with Crippen LogP contribution in [0.1, 0.15) is 12.0 Å². The van der Waals surface area contributed by atoms with Crippen LogP contribution in [0.2, 0.25) is 0 Å². The predicted octanol–water partition coefficient (Wildman–Crippen LogP) is 5.22. The standard InChI is InChI=1S/C29H28N4O2/c34-28(16-11-23-7-3-1-4-8-23)32-19-21-33(22-20-32)29-30-18-17-27(31-29)24-12-14-26(15-13-24)35-25-9-5-2-6-10-25/h1-10,12-15,17-18H,11,16,19-22H2. The minimum Gasteiger partial charge on any atom is -0.457 e. The molecule has 0 aliphatic carbocycles. The molecule has 0 unspecified atom stereocenters. The van der Waals surface area contributed by atoms with Crippen LogP contribution in [0, 0.1) is 0 Å². The van der Waals surface area contributed by atoms with Gasteiger partial charge in [-0.25, -0.2) is 9.97 Å². The number of anilines is 1. The Morgan fingerprint density at radius 3 is 2.14 bits per heavy atom. The number of amides is 1. The number of carbonyl (C=O) groups is 1. The second-order valence-corrected chi connectivity index (χ2v) is 8.53. The molecular weight excluding hydrogens is 436 g/mol. The highest BCUT2D eigenvalue weighted by Crippen LogP contribution is 2.25. The molecule has 0 radical (unpaired) electrons. The highest BCUT2D eigenvalue weighted by molar-refractivity contribution is 5.76. The molecule has 35 heavy (non-hydrogen) atoms. The molecule has 6 heteroatoms. The van der Waals surface area contributed by atoms with E-state index in [1.165, 1.54) is 5.56 Å². The monoisotopic (exact) mass is 464 g/mol. The first-order valence-electron chi connectivity index (χ1n) is 12.0. The van der Waals surface area contributed by atoms with Crippen LogP contribution in [0.3, 0.4) is 0 Å². The third-order valence-electron chi connectivity index (χ3n) is 6.16. The molecule has 0 bridgehead atoms. The van der Waals surface area contributed by atoms with Gasteiger partial charge < -0.3 is 14.5 Å². The van der Waals surface area contributed by atoms with E-state index in [0.717, 1.165) is 42.3 Å². The number of carbonyl (C=O) groups excluding carboxylic acids is 1. The summed E-state index contributed by atoms with van der Waals surface area (Å²) in [6.07, 6.45) is 3.11. The molecule has 176 valence electrons. The van der Waals surface area contributed by atoms with Gasteiger partial charge in [0.1, 0.15) is 11.5 Å². The maximum Gasteiger partial charge on any atom is 0.225 e. The number of aryl methyl sites for hydroxylation is 1. The molecule has 0 atom stereocenters. The van der Waals surface area contributed by atoms with Crippen molar-refractivity contribution >= 4 is 11.9 Å². The smallest absolute Gasteiger partial charge is 0.225 e. The fraction of sp³-hybridized carbons (Fsp3) is 0.207. The van der Waals surface area contributed by atoms with E-state index in [-0.39, 0.29) is 5.91 Å². The van der Waals surface area contributed by atoms with Crippen LogP contribution in [0.5, 0.6) is 11.5 Å². The van der Waals surface area contributed by atoms with Gasteiger partial charge in [0.15, 0.2) is 0 Å². The maximum atomic E-state index is 12.7. The van der Waals surface area contributed by atoms with E-state index < -0.39 is 0 Å². The zero-order valence-electron chi connectivity index (χ0n) is 19.6. The number of rotatable bonds is 7. The van der Waals surface area contributed by atoms with E-state index in [1.807, 2.05) is 83.8 Å². The maximum absolute atomic E-state index is 12.7. The summed E-state index contributed by atoms with van der Waals surface area (Å²) < 4.78 is 5.89. The summed E-state index contributed by atoms with van der Waals surface area (Å²) in [5.41, 5.74) is 3.07. The minimum atomic E-state index is 0.209. The van der Waals surface area contributed by atoms with Crippen molar-refractivity contribution < 1.29 is 9.53 Å². The van der Waals surface area contributed by atoms with Crippen LogP contribution in [0.15, 0.2) is 97.2 Å². The van der Waals surface area contributed by atoms with Crippen molar-refractivity contribution in [2.45, 2.75) is 12.8 Å². The van der Waals surface area contributed by atoms with Gasteiger partial charge >= 0.3 is 0 Å². The van der Waals surface area contributed by atoms with Crippen LogP contribution in [0.25, 0.3) is 11.3 Å². The van der Waals surface area contributed by atoms with E-state index in [4.69, 9.17) is 9.72 Å². The van der Waals surface area contributed by atoms with Crippen LogP contribution < -0.4 is 9.64 Å². The van der Waals surface area contributed by atoms with Gasteiger partial charge in [0, 0.05) is 44.4 Å². The third kappa shape index (κ3) is 5.84. The largest absolute Gasteiger partial charge is 0.457 e. The normalized spacial score (nSPS) is 13.5.